The van der Waals surface area contributed by atoms with E-state index >= 15 is 0 Å². The van der Waals surface area contributed by atoms with Crippen LogP contribution in [0, 0.1) is 0 Å². The zero-order valence-corrected chi connectivity index (χ0v) is 26.4. The maximum absolute atomic E-state index is 9.98. The van der Waals surface area contributed by atoms with Gasteiger partial charge in [0.1, 0.15) is 5.75 Å². The largest absolute Gasteiger partial charge is 0.497 e. The number of aliphatic hydroxyl groups is 1. The molecule has 38 heavy (non-hydrogen) atoms. The fraction of sp³-hybridized carbons (Fsp3) is 0.375. The summed E-state index contributed by atoms with van der Waals surface area (Å²) in [6.45, 7) is 9.80. The molecule has 1 N–H and O–H groups in total. The van der Waals surface area contributed by atoms with E-state index in [1.165, 1.54) is 10.4 Å². The summed E-state index contributed by atoms with van der Waals surface area (Å²) in [7, 11) is -1.04. The van der Waals surface area contributed by atoms with E-state index in [1.807, 2.05) is 30.3 Å². The molecule has 204 valence electrons. The van der Waals surface area contributed by atoms with Gasteiger partial charge >= 0.3 is 0 Å². The molecule has 0 aromatic heterocycles. The summed E-state index contributed by atoms with van der Waals surface area (Å²) < 4.78 is 19.9. The fourth-order valence-electron chi connectivity index (χ4n) is 4.82. The fourth-order valence-corrected chi connectivity index (χ4v) is 10.5. The standard InChI is InChI=1S/C32H41IO4Si/c1-25(34)22-27(33)23-29(20-21-36-24-26-16-18-28(35-5)19-17-26)37-38(32(2,3)4,30-12-8-6-9-13-30)31-14-10-7-11-15-31/h6-19,22,25,29,34H,20-21,23-24H2,1-5H3/b27-22-/t25-,29+/m0/s1. The summed E-state index contributed by atoms with van der Waals surface area (Å²) in [6.07, 6.45) is 2.81. The highest BCUT2D eigenvalue weighted by atomic mass is 127. The van der Waals surface area contributed by atoms with Gasteiger partial charge in [-0.15, -0.1) is 0 Å². The van der Waals surface area contributed by atoms with Gasteiger partial charge in [-0.25, -0.2) is 0 Å². The molecule has 0 aliphatic heterocycles. The van der Waals surface area contributed by atoms with Gasteiger partial charge in [0.25, 0.3) is 8.32 Å². The molecule has 0 saturated heterocycles. The summed E-state index contributed by atoms with van der Waals surface area (Å²) in [4.78, 5) is 0. The SMILES string of the molecule is COc1ccc(COCC[C@H](C/C(I)=C/[C@H](C)O)O[Si](c2ccccc2)(c2ccccc2)C(C)(C)C)cc1. The summed E-state index contributed by atoms with van der Waals surface area (Å²) >= 11 is 2.33. The van der Waals surface area contributed by atoms with E-state index in [0.29, 0.717) is 13.2 Å². The Hall–Kier alpha value is -1.97. The topological polar surface area (TPSA) is 47.9 Å². The number of hydrogen-bond donors (Lipinski definition) is 1. The number of rotatable bonds is 13. The minimum Gasteiger partial charge on any atom is -0.497 e. The van der Waals surface area contributed by atoms with Gasteiger partial charge in [-0.3, -0.25) is 0 Å². The van der Waals surface area contributed by atoms with Gasteiger partial charge in [0.2, 0.25) is 0 Å². The highest BCUT2D eigenvalue weighted by Gasteiger charge is 2.51. The Bertz CT molecular complexity index is 1090. The first-order valence-corrected chi connectivity index (χ1v) is 16.2. The smallest absolute Gasteiger partial charge is 0.261 e. The second-order valence-electron chi connectivity index (χ2n) is 10.7. The minimum atomic E-state index is -2.72. The molecule has 0 amide bonds. The van der Waals surface area contributed by atoms with E-state index in [9.17, 15) is 5.11 Å². The highest BCUT2D eigenvalue weighted by molar-refractivity contribution is 14.1. The van der Waals surface area contributed by atoms with Gasteiger partial charge in [-0.2, -0.15) is 0 Å². The van der Waals surface area contributed by atoms with Crippen molar-refractivity contribution in [3.8, 4) is 5.75 Å². The van der Waals surface area contributed by atoms with E-state index in [4.69, 9.17) is 13.9 Å². The third kappa shape index (κ3) is 8.26. The van der Waals surface area contributed by atoms with Gasteiger partial charge < -0.3 is 19.0 Å². The summed E-state index contributed by atoms with van der Waals surface area (Å²) in [5.74, 6) is 0.840. The average Bonchev–Trinajstić information content (AvgIpc) is 2.89. The molecule has 0 spiro atoms. The van der Waals surface area contributed by atoms with Crippen molar-refractivity contribution >= 4 is 41.3 Å². The first-order valence-electron chi connectivity index (χ1n) is 13.2. The van der Waals surface area contributed by atoms with Crippen molar-refractivity contribution < 1.29 is 19.0 Å². The molecule has 0 fully saturated rings. The summed E-state index contributed by atoms with van der Waals surface area (Å²) in [5.41, 5.74) is 1.11. The van der Waals surface area contributed by atoms with E-state index in [0.717, 1.165) is 27.7 Å². The number of methoxy groups -OCH3 is 1. The van der Waals surface area contributed by atoms with Crippen LogP contribution in [0.25, 0.3) is 0 Å². The lowest BCUT2D eigenvalue weighted by molar-refractivity contribution is 0.0796. The molecule has 0 saturated carbocycles. The molecule has 0 unspecified atom stereocenters. The molecule has 3 rings (SSSR count). The molecular weight excluding hydrogens is 603 g/mol. The molecule has 0 bridgehead atoms. The zero-order chi connectivity index (χ0) is 27.6. The van der Waals surface area contributed by atoms with Crippen LogP contribution in [0.4, 0.5) is 0 Å². The van der Waals surface area contributed by atoms with Crippen molar-refractivity contribution in [2.24, 2.45) is 0 Å². The predicted molar refractivity (Wildman–Crippen MR) is 168 cm³/mol. The van der Waals surface area contributed by atoms with E-state index < -0.39 is 14.4 Å². The van der Waals surface area contributed by atoms with Gasteiger partial charge in [0.05, 0.1) is 25.9 Å². The Morgan fingerprint density at radius 1 is 0.921 bits per heavy atom. The molecule has 0 aliphatic carbocycles. The Morgan fingerprint density at radius 3 is 1.95 bits per heavy atom. The molecule has 4 nitrogen and oxygen atoms in total. The Balaban J connectivity index is 1.90. The van der Waals surface area contributed by atoms with Crippen LogP contribution < -0.4 is 15.1 Å². The lowest BCUT2D eigenvalue weighted by Crippen LogP contribution is -2.67. The van der Waals surface area contributed by atoms with Crippen LogP contribution in [0.15, 0.2) is 94.6 Å². The van der Waals surface area contributed by atoms with Crippen LogP contribution in [-0.2, 0) is 15.8 Å². The normalized spacial score (nSPS) is 14.2. The molecule has 3 aromatic carbocycles. The number of halogens is 1. The second-order valence-corrected chi connectivity index (χ2v) is 16.3. The van der Waals surface area contributed by atoms with E-state index in [2.05, 4.69) is 104 Å². The number of hydrogen-bond acceptors (Lipinski definition) is 4. The number of aliphatic hydroxyl groups excluding tert-OH is 1. The van der Waals surface area contributed by atoms with Crippen molar-refractivity contribution in [1.82, 2.24) is 0 Å². The first kappa shape index (κ1) is 30.6. The molecular formula is C32H41IO4Si. The van der Waals surface area contributed by atoms with E-state index in [-0.39, 0.29) is 11.1 Å². The third-order valence-corrected chi connectivity index (χ3v) is 12.5. The Labute approximate surface area is 243 Å². The van der Waals surface area contributed by atoms with Crippen LogP contribution >= 0.6 is 22.6 Å². The van der Waals surface area contributed by atoms with Crippen molar-refractivity contribution in [3.05, 3.63) is 100 Å². The van der Waals surface area contributed by atoms with Crippen LogP contribution in [-0.4, -0.2) is 39.3 Å². The first-order chi connectivity index (χ1) is 18.2. The van der Waals surface area contributed by atoms with Gasteiger partial charge in [-0.05, 0) is 78.7 Å². The van der Waals surface area contributed by atoms with Crippen molar-refractivity contribution in [2.75, 3.05) is 13.7 Å². The average molecular weight is 645 g/mol. The zero-order valence-electron chi connectivity index (χ0n) is 23.2. The van der Waals surface area contributed by atoms with Crippen LogP contribution in [0.3, 0.4) is 0 Å². The minimum absolute atomic E-state index is 0.0703. The Morgan fingerprint density at radius 2 is 1.47 bits per heavy atom. The maximum atomic E-state index is 9.98. The van der Waals surface area contributed by atoms with Gasteiger partial charge in [0, 0.05) is 13.0 Å². The molecule has 0 radical (unpaired) electrons. The van der Waals surface area contributed by atoms with Crippen LogP contribution in [0.2, 0.25) is 5.04 Å². The quantitative estimate of drug-likeness (QED) is 0.129. The lowest BCUT2D eigenvalue weighted by atomic mass is 10.1. The summed E-state index contributed by atoms with van der Waals surface area (Å²) in [5, 5.41) is 12.4. The molecule has 3 aromatic rings. The molecule has 2 atom stereocenters. The van der Waals surface area contributed by atoms with Crippen molar-refractivity contribution in [1.29, 1.82) is 0 Å². The monoisotopic (exact) mass is 644 g/mol. The Kier molecular flexibility index (Phi) is 11.6. The van der Waals surface area contributed by atoms with Crippen molar-refractivity contribution in [2.45, 2.75) is 64.4 Å². The van der Waals surface area contributed by atoms with Crippen molar-refractivity contribution in [3.63, 3.8) is 0 Å². The summed E-state index contributed by atoms with van der Waals surface area (Å²) in [6, 6.07) is 29.4. The number of benzene rings is 3. The predicted octanol–water partition coefficient (Wildman–Crippen LogP) is 6.64. The van der Waals surface area contributed by atoms with E-state index in [1.54, 1.807) is 14.0 Å². The maximum Gasteiger partial charge on any atom is 0.261 e. The third-order valence-electron chi connectivity index (χ3n) is 6.62. The lowest BCUT2D eigenvalue weighted by Gasteiger charge is -2.45. The number of ether oxygens (including phenoxy) is 2. The second kappa shape index (κ2) is 14.4. The van der Waals surface area contributed by atoms with Gasteiger partial charge in [0.15, 0.2) is 0 Å². The molecule has 0 heterocycles. The molecule has 0 aliphatic rings. The van der Waals surface area contributed by atoms with Crippen LogP contribution in [0.1, 0.15) is 46.1 Å². The highest BCUT2D eigenvalue weighted by Crippen LogP contribution is 2.39. The molecule has 6 heteroatoms. The van der Waals surface area contributed by atoms with Crippen LogP contribution in [0.5, 0.6) is 5.75 Å². The van der Waals surface area contributed by atoms with Gasteiger partial charge in [-0.1, -0.05) is 93.6 Å².